The number of hydrogen-bond acceptors (Lipinski definition) is 15. The Morgan fingerprint density at radius 1 is 0.657 bits per heavy atom. The molecule has 28 heteroatoms. The van der Waals surface area contributed by atoms with Gasteiger partial charge in [0.2, 0.25) is 5.89 Å². The third kappa shape index (κ3) is 13.2. The van der Waals surface area contributed by atoms with Crippen LogP contribution in [0, 0.1) is 0 Å². The highest BCUT2D eigenvalue weighted by Gasteiger charge is 2.36. The van der Waals surface area contributed by atoms with Crippen molar-refractivity contribution < 1.29 is 65.2 Å². The molecule has 3 aromatic heterocycles. The van der Waals surface area contributed by atoms with Crippen LogP contribution >= 0.6 is 0 Å². The number of amides is 1. The van der Waals surface area contributed by atoms with E-state index >= 15 is 0 Å². The lowest BCUT2D eigenvalue weighted by Crippen LogP contribution is -2.50. The van der Waals surface area contributed by atoms with Crippen LogP contribution in [0.4, 0.5) is 28.9 Å². The minimum absolute atomic E-state index is 0.0497. The summed E-state index contributed by atoms with van der Waals surface area (Å²) in [6.45, 7) is -1.58. The molecule has 1 N–H and O–H groups in total. The number of ketones is 1. The average Bonchev–Trinajstić information content (AvgIpc) is 3.81. The maximum Gasteiger partial charge on any atom is 0.315 e. The van der Waals surface area contributed by atoms with Gasteiger partial charge in [-0.25, -0.2) is 16.8 Å². The molecule has 2 aromatic carbocycles. The molecule has 0 atom stereocenters. The van der Waals surface area contributed by atoms with Crippen LogP contribution in [0.2, 0.25) is 0 Å². The molecule has 2 fully saturated rings. The summed E-state index contributed by atoms with van der Waals surface area (Å²) in [6.07, 6.45) is -3.65. The topological polar surface area (TPSA) is 260 Å². The predicted octanol–water partition coefficient (Wildman–Crippen LogP) is 2.68. The van der Waals surface area contributed by atoms with Crippen LogP contribution in [0.5, 0.6) is 0 Å². The van der Waals surface area contributed by atoms with E-state index in [1.165, 1.54) is 30.5 Å². The van der Waals surface area contributed by atoms with Crippen LogP contribution < -0.4 is 13.9 Å². The zero-order chi connectivity index (χ0) is 48.6. The van der Waals surface area contributed by atoms with Crippen molar-refractivity contribution in [3.63, 3.8) is 0 Å². The van der Waals surface area contributed by atoms with Crippen molar-refractivity contribution in [3.8, 4) is 11.5 Å². The molecule has 67 heavy (non-hydrogen) atoms. The van der Waals surface area contributed by atoms with Gasteiger partial charge in [-0.1, -0.05) is 36.4 Å². The Kier molecular flexibility index (Phi) is 16.1. The summed E-state index contributed by atoms with van der Waals surface area (Å²) in [7, 11) is -14.7. The lowest BCUT2D eigenvalue weighted by molar-refractivity contribution is -0.131. The number of halogens is 4. The van der Waals surface area contributed by atoms with Gasteiger partial charge in [-0.3, -0.25) is 28.2 Å². The number of benzene rings is 2. The number of carbonyl (C=O) groups is 2. The van der Waals surface area contributed by atoms with Gasteiger partial charge in [0.25, 0.3) is 11.8 Å². The highest BCUT2D eigenvalue weighted by atomic mass is 32.2. The van der Waals surface area contributed by atoms with Gasteiger partial charge < -0.3 is 9.73 Å². The van der Waals surface area contributed by atoms with Gasteiger partial charge in [0.05, 0.1) is 71.0 Å². The van der Waals surface area contributed by atoms with E-state index in [0.29, 0.717) is 22.6 Å². The minimum atomic E-state index is -4.10. The highest BCUT2D eigenvalue weighted by molar-refractivity contribution is 7.93. The SMILES string of the molecule is O=C(CNC(=O)C(F)F)c1ccc(CN(c2ccccc2)S(=O)(=O)N2CCS(=O)(=O)CC2)nc1.O=S1(=O)CCN(S(=O)(=O)N(Cc2ccc(-c3nnc(C(F)F)o3)cn2)c2ccccc2)CC1. The van der Waals surface area contributed by atoms with Crippen molar-refractivity contribution in [1.29, 1.82) is 0 Å². The van der Waals surface area contributed by atoms with Crippen molar-refractivity contribution in [2.24, 2.45) is 0 Å². The molecule has 2 saturated heterocycles. The molecule has 7 rings (SSSR count). The standard InChI is InChI=1S/C20H22F2N4O6S2.C19H19F2N5O5S2/c21-19(22)20(28)24-13-18(27)15-6-7-16(23-12-15)14-26(17-4-2-1-3-5-17)34(31,32)25-8-10-33(29,30)11-9-25;20-17(21)19-24-23-18(31-19)14-6-7-15(22-12-14)13-26(16-4-2-1-3-5-16)33(29,30)25-8-10-32(27,28)11-9-25/h1-7,12,19H,8-11,13-14H2,(H,24,28);1-7,12,17H,8-11,13H2. The summed E-state index contributed by atoms with van der Waals surface area (Å²) in [5.74, 6) is -4.18. The van der Waals surface area contributed by atoms with Crippen molar-refractivity contribution in [2.75, 3.05) is 64.3 Å². The van der Waals surface area contributed by atoms with E-state index in [4.69, 9.17) is 4.42 Å². The number of sulfone groups is 2. The summed E-state index contributed by atoms with van der Waals surface area (Å²) in [4.78, 5) is 31.3. The number of anilines is 2. The van der Waals surface area contributed by atoms with Gasteiger partial charge in [0, 0.05) is 44.1 Å². The summed E-state index contributed by atoms with van der Waals surface area (Å²) < 4.78 is 160. The molecule has 0 bridgehead atoms. The molecular formula is C39H41F4N9O11S4. The molecule has 2 aliphatic rings. The smallest absolute Gasteiger partial charge is 0.315 e. The lowest BCUT2D eigenvalue weighted by Gasteiger charge is -2.33. The third-order valence-corrected chi connectivity index (χ3v) is 17.0. The van der Waals surface area contributed by atoms with Crippen LogP contribution in [0.1, 0.15) is 34.1 Å². The van der Waals surface area contributed by atoms with E-state index in [0.717, 1.165) is 23.4 Å². The van der Waals surface area contributed by atoms with Crippen molar-refractivity contribution in [2.45, 2.75) is 25.9 Å². The molecule has 20 nitrogen and oxygen atoms in total. The molecular weight excluding hydrogens is 975 g/mol. The van der Waals surface area contributed by atoms with E-state index < -0.39 is 77.1 Å². The van der Waals surface area contributed by atoms with Crippen LogP contribution in [0.25, 0.3) is 11.5 Å². The normalized spacial score (nSPS) is 16.4. The highest BCUT2D eigenvalue weighted by Crippen LogP contribution is 2.27. The molecule has 0 aliphatic carbocycles. The second-order valence-electron chi connectivity index (χ2n) is 14.6. The van der Waals surface area contributed by atoms with Crippen LogP contribution in [0.3, 0.4) is 0 Å². The first-order chi connectivity index (χ1) is 31.6. The average molecular weight is 1020 g/mol. The molecule has 0 spiro atoms. The first-order valence-electron chi connectivity index (χ1n) is 19.8. The number of alkyl halides is 4. The fraction of sp³-hybridized carbons (Fsp3) is 0.333. The number of hydrogen-bond donors (Lipinski definition) is 1. The molecule has 0 unspecified atom stereocenters. The molecule has 5 aromatic rings. The van der Waals surface area contributed by atoms with E-state index in [1.54, 1.807) is 60.7 Å². The third-order valence-electron chi connectivity index (χ3n) is 9.98. The quantitative estimate of drug-likeness (QED) is 0.110. The molecule has 5 heterocycles. The Hall–Kier alpha value is -5.94. The molecule has 1 amide bonds. The van der Waals surface area contributed by atoms with Gasteiger partial charge >= 0.3 is 33.3 Å². The maximum absolute atomic E-state index is 13.4. The maximum atomic E-state index is 13.4. The first-order valence-corrected chi connectivity index (χ1v) is 26.3. The first kappa shape index (κ1) is 50.5. The monoisotopic (exact) mass is 1020 g/mol. The van der Waals surface area contributed by atoms with Gasteiger partial charge in [0.1, 0.15) is 0 Å². The van der Waals surface area contributed by atoms with Crippen molar-refractivity contribution in [3.05, 3.63) is 120 Å². The number of Topliss-reactive ketones (excluding diaryl/α,β-unsaturated/α-hetero) is 1. The van der Waals surface area contributed by atoms with Gasteiger partial charge in [-0.05, 0) is 48.5 Å². The Morgan fingerprint density at radius 3 is 1.51 bits per heavy atom. The lowest BCUT2D eigenvalue weighted by atomic mass is 10.1. The summed E-state index contributed by atoms with van der Waals surface area (Å²) >= 11 is 0. The number of aromatic nitrogens is 4. The van der Waals surface area contributed by atoms with E-state index in [-0.39, 0.29) is 79.4 Å². The van der Waals surface area contributed by atoms with Crippen molar-refractivity contribution >= 4 is 63.2 Å². The summed E-state index contributed by atoms with van der Waals surface area (Å²) in [6, 6.07) is 22.3. The van der Waals surface area contributed by atoms with E-state index in [2.05, 4.69) is 20.2 Å². The zero-order valence-electron chi connectivity index (χ0n) is 34.9. The van der Waals surface area contributed by atoms with Gasteiger partial charge in [0.15, 0.2) is 25.5 Å². The molecule has 0 saturated carbocycles. The fourth-order valence-corrected chi connectivity index (χ4v) is 12.4. The second-order valence-corrected chi connectivity index (χ2v) is 22.9. The molecule has 360 valence electrons. The predicted molar refractivity (Wildman–Crippen MR) is 234 cm³/mol. The van der Waals surface area contributed by atoms with Gasteiger partial charge in [-0.2, -0.15) is 43.0 Å². The number of rotatable bonds is 16. The van der Waals surface area contributed by atoms with Crippen LogP contribution in [-0.2, 0) is 58.0 Å². The van der Waals surface area contributed by atoms with Gasteiger partial charge in [-0.15, -0.1) is 10.2 Å². The van der Waals surface area contributed by atoms with E-state index in [9.17, 15) is 60.8 Å². The largest absolute Gasteiger partial charge is 0.415 e. The van der Waals surface area contributed by atoms with Crippen molar-refractivity contribution in [1.82, 2.24) is 34.1 Å². The number of carbonyl (C=O) groups excluding carboxylic acids is 2. The second kappa shape index (κ2) is 21.3. The molecule has 2 aliphatic heterocycles. The van der Waals surface area contributed by atoms with Crippen LogP contribution in [0.15, 0.2) is 102 Å². The number of para-hydroxylation sites is 2. The minimum Gasteiger partial charge on any atom is -0.415 e. The Morgan fingerprint density at radius 2 is 1.12 bits per heavy atom. The van der Waals surface area contributed by atoms with Crippen LogP contribution in [-0.4, -0.2) is 136 Å². The fourth-order valence-electron chi connectivity index (χ4n) is 6.34. The zero-order valence-corrected chi connectivity index (χ0v) is 38.1. The summed E-state index contributed by atoms with van der Waals surface area (Å²) in [5, 5.41) is 8.63. The Labute approximate surface area is 382 Å². The number of pyridine rings is 2. The van der Waals surface area contributed by atoms with E-state index in [1.807, 2.05) is 5.32 Å². The number of nitrogens with one attached hydrogen (secondary N) is 1. The molecule has 0 radical (unpaired) electrons. The summed E-state index contributed by atoms with van der Waals surface area (Å²) in [5.41, 5.74) is 1.72. The Bertz CT molecular complexity index is 2930. The Balaban J connectivity index is 0.000000221. The number of nitrogens with zero attached hydrogens (tertiary/aromatic N) is 8.